The molecule has 0 unspecified atom stereocenters. The molecule has 0 saturated carbocycles. The average Bonchev–Trinajstić information content (AvgIpc) is 2.45. The van der Waals surface area contributed by atoms with Gasteiger partial charge in [-0.05, 0) is 30.7 Å². The standard InChI is InChI=1S/C16H13F3OS/c1-11-4-2-3-5-15(11)21-10-14(20)12-6-8-13(9-7-12)16(17,18)19/h2-9H,10H2,1H3. The van der Waals surface area contributed by atoms with Crippen LogP contribution in [0.15, 0.2) is 53.4 Å². The SMILES string of the molecule is Cc1ccccc1SCC(=O)c1ccc(C(F)(F)F)cc1. The Balaban J connectivity index is 2.03. The van der Waals surface area contributed by atoms with Crippen LogP contribution in [-0.2, 0) is 6.18 Å². The van der Waals surface area contributed by atoms with E-state index in [9.17, 15) is 18.0 Å². The molecule has 0 bridgehead atoms. The fourth-order valence-corrected chi connectivity index (χ4v) is 2.71. The Morgan fingerprint density at radius 1 is 1.05 bits per heavy atom. The van der Waals surface area contributed by atoms with Crippen molar-refractivity contribution in [2.24, 2.45) is 0 Å². The van der Waals surface area contributed by atoms with Crippen LogP contribution in [0.2, 0.25) is 0 Å². The number of carbonyl (C=O) groups excluding carboxylic acids is 1. The number of Topliss-reactive ketones (excluding diaryl/α,β-unsaturated/α-hetero) is 1. The van der Waals surface area contributed by atoms with Gasteiger partial charge in [-0.3, -0.25) is 4.79 Å². The number of benzene rings is 2. The van der Waals surface area contributed by atoms with E-state index in [0.717, 1.165) is 22.6 Å². The number of alkyl halides is 3. The van der Waals surface area contributed by atoms with Crippen molar-refractivity contribution < 1.29 is 18.0 Å². The number of hydrogen-bond acceptors (Lipinski definition) is 2. The zero-order valence-corrected chi connectivity index (χ0v) is 12.1. The Kier molecular flexibility index (Phi) is 4.73. The molecule has 0 aliphatic carbocycles. The first-order chi connectivity index (χ1) is 9.88. The van der Waals surface area contributed by atoms with Crippen LogP contribution in [0.4, 0.5) is 13.2 Å². The highest BCUT2D eigenvalue weighted by atomic mass is 32.2. The summed E-state index contributed by atoms with van der Waals surface area (Å²) < 4.78 is 37.3. The highest BCUT2D eigenvalue weighted by Crippen LogP contribution is 2.29. The van der Waals surface area contributed by atoms with Gasteiger partial charge >= 0.3 is 6.18 Å². The Morgan fingerprint density at radius 2 is 1.67 bits per heavy atom. The molecule has 0 spiro atoms. The number of ketones is 1. The van der Waals surface area contributed by atoms with Gasteiger partial charge in [0.1, 0.15) is 0 Å². The van der Waals surface area contributed by atoms with E-state index in [1.807, 2.05) is 31.2 Å². The van der Waals surface area contributed by atoms with E-state index in [1.165, 1.54) is 23.9 Å². The number of carbonyl (C=O) groups is 1. The summed E-state index contributed by atoms with van der Waals surface area (Å²) in [7, 11) is 0. The highest BCUT2D eigenvalue weighted by Gasteiger charge is 2.30. The van der Waals surface area contributed by atoms with Gasteiger partial charge in [0.05, 0.1) is 11.3 Å². The number of aryl methyl sites for hydroxylation is 1. The van der Waals surface area contributed by atoms with Crippen molar-refractivity contribution in [2.75, 3.05) is 5.75 Å². The van der Waals surface area contributed by atoms with Crippen molar-refractivity contribution in [3.05, 3.63) is 65.2 Å². The Hall–Kier alpha value is -1.75. The molecule has 1 nitrogen and oxygen atoms in total. The van der Waals surface area contributed by atoms with Gasteiger partial charge in [-0.1, -0.05) is 30.3 Å². The zero-order valence-electron chi connectivity index (χ0n) is 11.3. The molecule has 0 heterocycles. The van der Waals surface area contributed by atoms with E-state index in [1.54, 1.807) is 0 Å². The van der Waals surface area contributed by atoms with Crippen LogP contribution in [0.3, 0.4) is 0 Å². The molecule has 2 aromatic carbocycles. The van der Waals surface area contributed by atoms with E-state index in [-0.39, 0.29) is 11.5 Å². The lowest BCUT2D eigenvalue weighted by molar-refractivity contribution is -0.137. The zero-order chi connectivity index (χ0) is 15.5. The van der Waals surface area contributed by atoms with Gasteiger partial charge in [0.15, 0.2) is 5.78 Å². The van der Waals surface area contributed by atoms with Crippen LogP contribution in [0, 0.1) is 6.92 Å². The fraction of sp³-hybridized carbons (Fsp3) is 0.188. The molecule has 2 rings (SSSR count). The van der Waals surface area contributed by atoms with Crippen molar-refractivity contribution in [1.82, 2.24) is 0 Å². The Morgan fingerprint density at radius 3 is 2.24 bits per heavy atom. The summed E-state index contributed by atoms with van der Waals surface area (Å²) in [5, 5.41) is 0. The van der Waals surface area contributed by atoms with Gasteiger partial charge in [0.25, 0.3) is 0 Å². The molecule has 5 heteroatoms. The lowest BCUT2D eigenvalue weighted by atomic mass is 10.1. The van der Waals surface area contributed by atoms with E-state index < -0.39 is 11.7 Å². The maximum absolute atomic E-state index is 12.4. The normalized spacial score (nSPS) is 11.4. The molecular weight excluding hydrogens is 297 g/mol. The van der Waals surface area contributed by atoms with Crippen LogP contribution in [0.25, 0.3) is 0 Å². The van der Waals surface area contributed by atoms with Crippen molar-refractivity contribution in [2.45, 2.75) is 18.0 Å². The Bertz CT molecular complexity index is 633. The van der Waals surface area contributed by atoms with Gasteiger partial charge in [-0.25, -0.2) is 0 Å². The van der Waals surface area contributed by atoms with E-state index in [2.05, 4.69) is 0 Å². The smallest absolute Gasteiger partial charge is 0.293 e. The minimum absolute atomic E-state index is 0.183. The Labute approximate surface area is 125 Å². The molecule has 110 valence electrons. The van der Waals surface area contributed by atoms with Crippen molar-refractivity contribution in [1.29, 1.82) is 0 Å². The van der Waals surface area contributed by atoms with Gasteiger partial charge in [0.2, 0.25) is 0 Å². The number of hydrogen-bond donors (Lipinski definition) is 0. The predicted octanol–water partition coefficient (Wildman–Crippen LogP) is 4.99. The molecule has 0 saturated heterocycles. The first kappa shape index (κ1) is 15.6. The highest BCUT2D eigenvalue weighted by molar-refractivity contribution is 8.00. The molecule has 0 aliphatic rings. The molecule has 0 aliphatic heterocycles. The molecule has 0 amide bonds. The summed E-state index contributed by atoms with van der Waals surface area (Å²) in [5.41, 5.74) is 0.623. The summed E-state index contributed by atoms with van der Waals surface area (Å²) in [6.45, 7) is 1.95. The molecule has 2 aromatic rings. The van der Waals surface area contributed by atoms with Crippen LogP contribution >= 0.6 is 11.8 Å². The monoisotopic (exact) mass is 310 g/mol. The van der Waals surface area contributed by atoms with Crippen LogP contribution < -0.4 is 0 Å². The van der Waals surface area contributed by atoms with Crippen molar-refractivity contribution in [3.8, 4) is 0 Å². The lowest BCUT2D eigenvalue weighted by Crippen LogP contribution is -2.07. The molecule has 0 radical (unpaired) electrons. The molecular formula is C16H13F3OS. The second-order valence-electron chi connectivity index (χ2n) is 4.55. The molecule has 0 fully saturated rings. The predicted molar refractivity (Wildman–Crippen MR) is 77.7 cm³/mol. The summed E-state index contributed by atoms with van der Waals surface area (Å²) in [6.07, 6.45) is -4.38. The third kappa shape index (κ3) is 4.11. The van der Waals surface area contributed by atoms with Crippen LogP contribution in [0.5, 0.6) is 0 Å². The van der Waals surface area contributed by atoms with Gasteiger partial charge in [-0.15, -0.1) is 11.8 Å². The van der Waals surface area contributed by atoms with Crippen LogP contribution in [-0.4, -0.2) is 11.5 Å². The van der Waals surface area contributed by atoms with E-state index in [4.69, 9.17) is 0 Å². The van der Waals surface area contributed by atoms with Crippen LogP contribution in [0.1, 0.15) is 21.5 Å². The number of thioether (sulfide) groups is 1. The minimum Gasteiger partial charge on any atom is -0.293 e. The van der Waals surface area contributed by atoms with E-state index >= 15 is 0 Å². The first-order valence-corrected chi connectivity index (χ1v) is 7.25. The van der Waals surface area contributed by atoms with Gasteiger partial charge < -0.3 is 0 Å². The first-order valence-electron chi connectivity index (χ1n) is 6.27. The summed E-state index contributed by atoms with van der Waals surface area (Å²) >= 11 is 1.39. The number of rotatable bonds is 4. The third-order valence-electron chi connectivity index (χ3n) is 2.99. The van der Waals surface area contributed by atoms with E-state index in [0.29, 0.717) is 5.56 Å². The minimum atomic E-state index is -4.38. The maximum Gasteiger partial charge on any atom is 0.416 e. The quantitative estimate of drug-likeness (QED) is 0.584. The summed E-state index contributed by atoms with van der Waals surface area (Å²) in [4.78, 5) is 13.0. The van der Waals surface area contributed by atoms with Crippen molar-refractivity contribution in [3.63, 3.8) is 0 Å². The summed E-state index contributed by atoms with van der Waals surface area (Å²) in [5.74, 6) is 0.0212. The fourth-order valence-electron chi connectivity index (χ4n) is 1.79. The average molecular weight is 310 g/mol. The lowest BCUT2D eigenvalue weighted by Gasteiger charge is -2.08. The maximum atomic E-state index is 12.4. The molecule has 0 N–H and O–H groups in total. The second kappa shape index (κ2) is 6.35. The molecule has 0 atom stereocenters. The second-order valence-corrected chi connectivity index (χ2v) is 5.57. The number of halogens is 3. The third-order valence-corrected chi connectivity index (χ3v) is 4.16. The topological polar surface area (TPSA) is 17.1 Å². The van der Waals surface area contributed by atoms with Crippen molar-refractivity contribution >= 4 is 17.5 Å². The largest absolute Gasteiger partial charge is 0.416 e. The van der Waals surface area contributed by atoms with Gasteiger partial charge in [-0.2, -0.15) is 13.2 Å². The summed E-state index contributed by atoms with van der Waals surface area (Å²) in [6, 6.07) is 12.0. The molecule has 0 aromatic heterocycles. The van der Waals surface area contributed by atoms with Gasteiger partial charge in [0, 0.05) is 10.5 Å². The molecule has 21 heavy (non-hydrogen) atoms.